The highest BCUT2D eigenvalue weighted by molar-refractivity contribution is 5.54. The summed E-state index contributed by atoms with van der Waals surface area (Å²) in [6.45, 7) is 4.02. The second kappa shape index (κ2) is 5.75. The van der Waals surface area contributed by atoms with Crippen LogP contribution in [0.2, 0.25) is 0 Å². The number of benzene rings is 1. The van der Waals surface area contributed by atoms with E-state index in [1.165, 1.54) is 0 Å². The van der Waals surface area contributed by atoms with Gasteiger partial charge in [-0.15, -0.1) is 6.58 Å². The van der Waals surface area contributed by atoms with Crippen LogP contribution in [0.15, 0.2) is 48.7 Å². The maximum absolute atomic E-state index is 10.2. The number of hydrogen-bond acceptors (Lipinski definition) is 2. The van der Waals surface area contributed by atoms with Gasteiger partial charge in [-0.1, -0.05) is 36.4 Å². The van der Waals surface area contributed by atoms with Crippen LogP contribution in [0, 0.1) is 0 Å². The highest BCUT2D eigenvalue weighted by Gasteiger charge is 1.95. The van der Waals surface area contributed by atoms with Crippen molar-refractivity contribution in [2.75, 3.05) is 0 Å². The highest BCUT2D eigenvalue weighted by atomic mass is 16.5. The quantitative estimate of drug-likeness (QED) is 0.403. The average molecular weight is 188 g/mol. The van der Waals surface area contributed by atoms with Gasteiger partial charge in [-0.3, -0.25) is 4.79 Å². The fourth-order valence-electron chi connectivity index (χ4n) is 1.08. The summed E-state index contributed by atoms with van der Waals surface area (Å²) in [5, 5.41) is 0. The molecule has 72 valence electrons. The second-order valence-electron chi connectivity index (χ2n) is 2.73. The van der Waals surface area contributed by atoms with E-state index in [4.69, 9.17) is 4.74 Å². The summed E-state index contributed by atoms with van der Waals surface area (Å²) >= 11 is 0. The molecule has 0 atom stereocenters. The fourth-order valence-corrected chi connectivity index (χ4v) is 1.08. The average Bonchev–Trinajstić information content (AvgIpc) is 2.20. The van der Waals surface area contributed by atoms with Crippen LogP contribution in [0.4, 0.5) is 0 Å². The Labute approximate surface area is 83.5 Å². The van der Waals surface area contributed by atoms with E-state index >= 15 is 0 Å². The molecule has 0 spiro atoms. The minimum Gasteiger partial charge on any atom is -0.433 e. The van der Waals surface area contributed by atoms with Crippen molar-refractivity contribution in [3.05, 3.63) is 54.3 Å². The Balaban J connectivity index is 2.81. The number of carbonyl (C=O) groups is 1. The van der Waals surface area contributed by atoms with E-state index in [0.717, 1.165) is 5.56 Å². The molecule has 0 aliphatic carbocycles. The number of hydrogen-bond donors (Lipinski definition) is 0. The van der Waals surface area contributed by atoms with Gasteiger partial charge in [0.2, 0.25) is 0 Å². The molecule has 0 bridgehead atoms. The molecule has 0 fully saturated rings. The van der Waals surface area contributed by atoms with E-state index in [1.807, 2.05) is 36.4 Å². The maximum Gasteiger partial charge on any atom is 0.298 e. The molecule has 0 heterocycles. The Morgan fingerprint density at radius 3 is 2.64 bits per heavy atom. The van der Waals surface area contributed by atoms with Crippen molar-refractivity contribution in [3.63, 3.8) is 0 Å². The maximum atomic E-state index is 10.2. The fraction of sp³-hybridized carbons (Fsp3) is 0.0833. The third kappa shape index (κ3) is 3.27. The molecule has 0 N–H and O–H groups in total. The zero-order valence-corrected chi connectivity index (χ0v) is 7.85. The van der Waals surface area contributed by atoms with Gasteiger partial charge in [-0.25, -0.2) is 0 Å². The van der Waals surface area contributed by atoms with Crippen molar-refractivity contribution >= 4 is 12.5 Å². The van der Waals surface area contributed by atoms with Crippen molar-refractivity contribution in [2.24, 2.45) is 0 Å². The van der Waals surface area contributed by atoms with Crippen LogP contribution < -0.4 is 0 Å². The minimum absolute atomic E-state index is 0.429. The van der Waals surface area contributed by atoms with Crippen molar-refractivity contribution < 1.29 is 9.53 Å². The molecular formula is C12H12O2. The van der Waals surface area contributed by atoms with Gasteiger partial charge in [0.25, 0.3) is 6.47 Å². The number of allylic oxidation sites excluding steroid dienone is 1. The van der Waals surface area contributed by atoms with Crippen molar-refractivity contribution in [3.8, 4) is 0 Å². The third-order valence-electron chi connectivity index (χ3n) is 1.67. The summed E-state index contributed by atoms with van der Waals surface area (Å²) in [5.74, 6) is 0.598. The van der Waals surface area contributed by atoms with E-state index in [1.54, 1.807) is 6.08 Å². The summed E-state index contributed by atoms with van der Waals surface area (Å²) in [6.07, 6.45) is 4.06. The van der Waals surface area contributed by atoms with Crippen LogP contribution in [0.1, 0.15) is 12.0 Å². The van der Waals surface area contributed by atoms with Crippen molar-refractivity contribution in [1.29, 1.82) is 0 Å². The molecule has 14 heavy (non-hydrogen) atoms. The molecule has 1 aromatic carbocycles. The van der Waals surface area contributed by atoms with Crippen LogP contribution in [-0.4, -0.2) is 6.47 Å². The molecule has 0 aromatic heterocycles. The predicted octanol–water partition coefficient (Wildman–Crippen LogP) is 2.78. The summed E-state index contributed by atoms with van der Waals surface area (Å²) in [6, 6.07) is 9.68. The number of ether oxygens (including phenoxy) is 1. The summed E-state index contributed by atoms with van der Waals surface area (Å²) in [5.41, 5.74) is 1.01. The Kier molecular flexibility index (Phi) is 4.21. The van der Waals surface area contributed by atoms with E-state index in [2.05, 4.69) is 6.58 Å². The summed E-state index contributed by atoms with van der Waals surface area (Å²) in [4.78, 5) is 10.2. The molecule has 1 rings (SSSR count). The normalized spacial score (nSPS) is 10.7. The molecule has 1 aromatic rings. The van der Waals surface area contributed by atoms with Gasteiger partial charge >= 0.3 is 0 Å². The molecule has 0 saturated heterocycles. The largest absolute Gasteiger partial charge is 0.433 e. The lowest BCUT2D eigenvalue weighted by atomic mass is 10.2. The van der Waals surface area contributed by atoms with E-state index in [-0.39, 0.29) is 0 Å². The van der Waals surface area contributed by atoms with E-state index < -0.39 is 0 Å². The highest BCUT2D eigenvalue weighted by Crippen LogP contribution is 2.10. The smallest absolute Gasteiger partial charge is 0.298 e. The molecule has 0 radical (unpaired) electrons. The minimum atomic E-state index is 0.429. The van der Waals surface area contributed by atoms with Gasteiger partial charge in [0, 0.05) is 6.42 Å². The van der Waals surface area contributed by atoms with Gasteiger partial charge in [0.05, 0.1) is 0 Å². The SMILES string of the molecule is C=CCC(=Cc1ccccc1)OC=O. The first-order chi connectivity index (χ1) is 6.86. The second-order valence-corrected chi connectivity index (χ2v) is 2.73. The van der Waals surface area contributed by atoms with Crippen LogP contribution >= 0.6 is 0 Å². The van der Waals surface area contributed by atoms with Crippen molar-refractivity contribution in [2.45, 2.75) is 6.42 Å². The van der Waals surface area contributed by atoms with Gasteiger partial charge in [0.15, 0.2) is 0 Å². The molecule has 0 aliphatic rings. The first-order valence-electron chi connectivity index (χ1n) is 4.33. The zero-order chi connectivity index (χ0) is 10.2. The summed E-state index contributed by atoms with van der Waals surface area (Å²) < 4.78 is 4.80. The zero-order valence-electron chi connectivity index (χ0n) is 7.85. The van der Waals surface area contributed by atoms with Crippen LogP contribution in [0.5, 0.6) is 0 Å². The topological polar surface area (TPSA) is 26.3 Å². The van der Waals surface area contributed by atoms with Crippen LogP contribution in [0.25, 0.3) is 6.08 Å². The third-order valence-corrected chi connectivity index (χ3v) is 1.67. The van der Waals surface area contributed by atoms with Gasteiger partial charge < -0.3 is 4.74 Å². The molecule has 0 unspecified atom stereocenters. The van der Waals surface area contributed by atoms with E-state index in [9.17, 15) is 4.79 Å². The van der Waals surface area contributed by atoms with Gasteiger partial charge in [-0.05, 0) is 11.6 Å². The Hall–Kier alpha value is -1.83. The Bertz CT molecular complexity index is 313. The van der Waals surface area contributed by atoms with Gasteiger partial charge in [0.1, 0.15) is 5.76 Å². The predicted molar refractivity (Wildman–Crippen MR) is 56.4 cm³/mol. The molecule has 2 heteroatoms. The summed E-state index contributed by atoms with van der Waals surface area (Å²) in [7, 11) is 0. The lowest BCUT2D eigenvalue weighted by Crippen LogP contribution is -1.88. The Morgan fingerprint density at radius 1 is 1.36 bits per heavy atom. The first-order valence-corrected chi connectivity index (χ1v) is 4.33. The first kappa shape index (κ1) is 10.3. The number of rotatable bonds is 5. The van der Waals surface area contributed by atoms with Gasteiger partial charge in [-0.2, -0.15) is 0 Å². The van der Waals surface area contributed by atoms with Crippen LogP contribution in [-0.2, 0) is 9.53 Å². The molecule has 0 saturated carbocycles. The standard InChI is InChI=1S/C12H12O2/c1-2-6-12(14-10-13)9-11-7-4-3-5-8-11/h2-5,7-10H,1,6H2. The lowest BCUT2D eigenvalue weighted by Gasteiger charge is -2.00. The van der Waals surface area contributed by atoms with E-state index in [0.29, 0.717) is 18.7 Å². The Morgan fingerprint density at radius 2 is 2.07 bits per heavy atom. The molecule has 0 amide bonds. The molecular weight excluding hydrogens is 176 g/mol. The lowest BCUT2D eigenvalue weighted by molar-refractivity contribution is -0.125. The van der Waals surface area contributed by atoms with Crippen LogP contribution in [0.3, 0.4) is 0 Å². The molecule has 2 nitrogen and oxygen atoms in total. The molecule has 0 aliphatic heterocycles. The monoisotopic (exact) mass is 188 g/mol. The van der Waals surface area contributed by atoms with Crippen molar-refractivity contribution in [1.82, 2.24) is 0 Å². The number of carbonyl (C=O) groups excluding carboxylic acids is 1.